The number of hydrogen-bond acceptors (Lipinski definition) is 6. The number of hydrogen-bond donors (Lipinski definition) is 1. The number of non-ortho nitro benzene ring substituents is 1. The second-order valence-corrected chi connectivity index (χ2v) is 10.7. The third kappa shape index (κ3) is 4.35. The van der Waals surface area contributed by atoms with Crippen LogP contribution < -0.4 is 10.9 Å². The number of rotatable bonds is 5. The molecule has 1 N–H and O–H groups in total. The zero-order valence-corrected chi connectivity index (χ0v) is 19.3. The molecule has 1 saturated heterocycles. The summed E-state index contributed by atoms with van der Waals surface area (Å²) in [5.41, 5.74) is 1.34. The molecule has 0 aliphatic carbocycles. The lowest BCUT2D eigenvalue weighted by molar-refractivity contribution is -0.384. The van der Waals surface area contributed by atoms with Gasteiger partial charge in [-0.3, -0.25) is 19.7 Å². The van der Waals surface area contributed by atoms with Gasteiger partial charge in [-0.1, -0.05) is 6.07 Å². The molecule has 35 heavy (non-hydrogen) atoms. The summed E-state index contributed by atoms with van der Waals surface area (Å²) in [6.45, 7) is 1.16. The fourth-order valence-corrected chi connectivity index (χ4v) is 6.41. The molecule has 1 aromatic heterocycles. The first-order chi connectivity index (χ1) is 16.7. The van der Waals surface area contributed by atoms with E-state index >= 15 is 0 Å². The summed E-state index contributed by atoms with van der Waals surface area (Å²) < 4.78 is 29.9. The van der Waals surface area contributed by atoms with Crippen molar-refractivity contribution in [2.75, 3.05) is 18.4 Å². The first-order valence-electron chi connectivity index (χ1n) is 11.1. The average molecular weight is 495 g/mol. The molecule has 1 fully saturated rings. The Bertz CT molecular complexity index is 1470. The Kier molecular flexibility index (Phi) is 5.73. The highest BCUT2D eigenvalue weighted by molar-refractivity contribution is 7.89. The van der Waals surface area contributed by atoms with Crippen LogP contribution in [0, 0.1) is 16.0 Å². The zero-order valence-electron chi connectivity index (χ0n) is 18.5. The largest absolute Gasteiger partial charge is 0.322 e. The summed E-state index contributed by atoms with van der Waals surface area (Å²) in [4.78, 5) is 35.0. The second kappa shape index (κ2) is 8.75. The van der Waals surface area contributed by atoms with Gasteiger partial charge in [0, 0.05) is 60.7 Å². The minimum atomic E-state index is -3.76. The van der Waals surface area contributed by atoms with Gasteiger partial charge in [-0.25, -0.2) is 8.42 Å². The number of nitrogens with zero attached hydrogens (tertiary/aromatic N) is 3. The van der Waals surface area contributed by atoms with Crippen LogP contribution in [0.25, 0.3) is 0 Å². The molecule has 2 aromatic carbocycles. The molecule has 0 unspecified atom stereocenters. The van der Waals surface area contributed by atoms with E-state index in [1.807, 2.05) is 6.07 Å². The summed E-state index contributed by atoms with van der Waals surface area (Å²) in [7, 11) is -3.76. The van der Waals surface area contributed by atoms with E-state index < -0.39 is 20.9 Å². The van der Waals surface area contributed by atoms with E-state index in [1.165, 1.54) is 58.9 Å². The van der Waals surface area contributed by atoms with Crippen LogP contribution >= 0.6 is 0 Å². The molecule has 3 heterocycles. The lowest BCUT2D eigenvalue weighted by atomic mass is 9.84. The van der Waals surface area contributed by atoms with Crippen LogP contribution in [0.4, 0.5) is 11.4 Å². The number of nitro benzene ring substituents is 1. The summed E-state index contributed by atoms with van der Waals surface area (Å²) in [5, 5.41) is 13.4. The number of anilines is 1. The molecule has 0 saturated carbocycles. The van der Waals surface area contributed by atoms with Gasteiger partial charge in [-0.2, -0.15) is 4.31 Å². The van der Waals surface area contributed by atoms with Gasteiger partial charge in [0.2, 0.25) is 10.0 Å². The molecule has 2 bridgehead atoms. The van der Waals surface area contributed by atoms with E-state index in [9.17, 15) is 28.1 Å². The molecule has 11 heteroatoms. The van der Waals surface area contributed by atoms with Crippen molar-refractivity contribution in [2.24, 2.45) is 5.92 Å². The lowest BCUT2D eigenvalue weighted by Gasteiger charge is -2.42. The van der Waals surface area contributed by atoms with Crippen LogP contribution in [0.1, 0.15) is 28.4 Å². The third-order valence-electron chi connectivity index (χ3n) is 6.54. The van der Waals surface area contributed by atoms with Gasteiger partial charge in [0.25, 0.3) is 17.2 Å². The van der Waals surface area contributed by atoms with Crippen LogP contribution in [0.3, 0.4) is 0 Å². The SMILES string of the molecule is O=C(Nc1ccc(S(=O)(=O)N2C[C@@H]3C[C@@H](C2)c2cccc(=O)n2C3)cc1)c1ccc([N+](=O)[O-])cc1. The van der Waals surface area contributed by atoms with Crippen molar-refractivity contribution in [3.8, 4) is 0 Å². The van der Waals surface area contributed by atoms with E-state index in [4.69, 9.17) is 0 Å². The molecule has 3 aromatic rings. The number of aromatic nitrogens is 1. The van der Waals surface area contributed by atoms with Crippen molar-refractivity contribution in [3.05, 3.63) is 98.5 Å². The second-order valence-electron chi connectivity index (χ2n) is 8.80. The van der Waals surface area contributed by atoms with Gasteiger partial charge < -0.3 is 9.88 Å². The number of nitrogens with one attached hydrogen (secondary N) is 1. The van der Waals surface area contributed by atoms with Crippen LogP contribution in [-0.4, -0.2) is 41.2 Å². The van der Waals surface area contributed by atoms with Gasteiger partial charge in [0.15, 0.2) is 0 Å². The van der Waals surface area contributed by atoms with Crippen molar-refractivity contribution in [1.29, 1.82) is 0 Å². The quantitative estimate of drug-likeness (QED) is 0.429. The number of amides is 1. The Morgan fingerprint density at radius 1 is 0.971 bits per heavy atom. The molecular formula is C24H22N4O6S. The number of benzene rings is 2. The molecule has 10 nitrogen and oxygen atoms in total. The first-order valence-corrected chi connectivity index (χ1v) is 12.5. The minimum absolute atomic E-state index is 0.0357. The van der Waals surface area contributed by atoms with E-state index in [1.54, 1.807) is 10.6 Å². The smallest absolute Gasteiger partial charge is 0.269 e. The average Bonchev–Trinajstić information content (AvgIpc) is 2.85. The fraction of sp³-hybridized carbons (Fsp3) is 0.250. The van der Waals surface area contributed by atoms with Gasteiger partial charge in [-0.05, 0) is 54.8 Å². The number of sulfonamides is 1. The Labute approximate surface area is 201 Å². The van der Waals surface area contributed by atoms with Crippen LogP contribution in [0.2, 0.25) is 0 Å². The van der Waals surface area contributed by atoms with Gasteiger partial charge in [0.05, 0.1) is 9.82 Å². The number of piperidine rings is 1. The zero-order chi connectivity index (χ0) is 24.7. The van der Waals surface area contributed by atoms with Crippen molar-refractivity contribution in [1.82, 2.24) is 8.87 Å². The molecule has 0 spiro atoms. The minimum Gasteiger partial charge on any atom is -0.322 e. The Hall–Kier alpha value is -3.83. The molecule has 2 atom stereocenters. The molecule has 2 aliphatic heterocycles. The van der Waals surface area contributed by atoms with Crippen molar-refractivity contribution >= 4 is 27.3 Å². The predicted molar refractivity (Wildman–Crippen MR) is 128 cm³/mol. The highest BCUT2D eigenvalue weighted by Gasteiger charge is 2.39. The fourth-order valence-electron chi connectivity index (χ4n) is 4.85. The normalized spacial score (nSPS) is 19.5. The van der Waals surface area contributed by atoms with Crippen molar-refractivity contribution < 1.29 is 18.1 Å². The van der Waals surface area contributed by atoms with Gasteiger partial charge in [0.1, 0.15) is 0 Å². The number of fused-ring (bicyclic) bond motifs is 4. The van der Waals surface area contributed by atoms with Crippen molar-refractivity contribution in [3.63, 3.8) is 0 Å². The van der Waals surface area contributed by atoms with Crippen LogP contribution in [0.5, 0.6) is 0 Å². The third-order valence-corrected chi connectivity index (χ3v) is 8.38. The first kappa shape index (κ1) is 22.9. The summed E-state index contributed by atoms with van der Waals surface area (Å²) >= 11 is 0. The summed E-state index contributed by atoms with van der Waals surface area (Å²) in [5.74, 6) is -0.434. The lowest BCUT2D eigenvalue weighted by Crippen LogP contribution is -2.48. The Balaban J connectivity index is 1.30. The standard InChI is InChI=1S/C24H22N4O6S/c29-23-3-1-2-22-18-12-16(14-27(22)23)13-26(15-18)35(33,34)21-10-6-19(7-11-21)25-24(30)17-4-8-20(9-5-17)28(31)32/h1-11,16,18H,12-15H2,(H,25,30)/t16-,18-/m0/s1. The predicted octanol–water partition coefficient (Wildman–Crippen LogP) is 2.82. The molecule has 180 valence electrons. The van der Waals surface area contributed by atoms with Crippen LogP contribution in [-0.2, 0) is 16.6 Å². The molecule has 2 aliphatic rings. The van der Waals surface area contributed by atoms with Crippen LogP contribution in [0.15, 0.2) is 76.4 Å². The highest BCUT2D eigenvalue weighted by Crippen LogP contribution is 2.37. The van der Waals surface area contributed by atoms with E-state index in [0.29, 0.717) is 25.3 Å². The number of nitro groups is 1. The number of carbonyl (C=O) groups is 1. The maximum atomic E-state index is 13.4. The van der Waals surface area contributed by atoms with Crippen molar-refractivity contribution in [2.45, 2.75) is 23.8 Å². The monoisotopic (exact) mass is 494 g/mol. The summed E-state index contributed by atoms with van der Waals surface area (Å²) in [6, 6.07) is 16.2. The van der Waals surface area contributed by atoms with E-state index in [-0.39, 0.29) is 33.5 Å². The molecular weight excluding hydrogens is 472 g/mol. The molecule has 0 radical (unpaired) electrons. The molecule has 5 rings (SSSR count). The maximum Gasteiger partial charge on any atom is 0.269 e. The van der Waals surface area contributed by atoms with Gasteiger partial charge >= 0.3 is 0 Å². The van der Waals surface area contributed by atoms with E-state index in [0.717, 1.165) is 12.1 Å². The number of pyridine rings is 1. The topological polar surface area (TPSA) is 132 Å². The highest BCUT2D eigenvalue weighted by atomic mass is 32.2. The Morgan fingerprint density at radius 3 is 2.37 bits per heavy atom. The summed E-state index contributed by atoms with van der Waals surface area (Å²) in [6.07, 6.45) is 0.850. The van der Waals surface area contributed by atoms with Gasteiger partial charge in [-0.15, -0.1) is 0 Å². The van der Waals surface area contributed by atoms with E-state index in [2.05, 4.69) is 5.32 Å². The Morgan fingerprint density at radius 2 is 1.69 bits per heavy atom. The molecule has 1 amide bonds. The number of carbonyl (C=O) groups excluding carboxylic acids is 1. The maximum absolute atomic E-state index is 13.4.